The number of hydrogen-bond donors (Lipinski definition) is 0. The van der Waals surface area contributed by atoms with Crippen LogP contribution < -0.4 is 0 Å². The Bertz CT molecular complexity index is 662. The summed E-state index contributed by atoms with van der Waals surface area (Å²) in [6.07, 6.45) is 0. The van der Waals surface area contributed by atoms with Crippen molar-refractivity contribution in [2.24, 2.45) is 0 Å². The van der Waals surface area contributed by atoms with Gasteiger partial charge in [-0.1, -0.05) is 11.6 Å². The Morgan fingerprint density at radius 1 is 1.47 bits per heavy atom. The molecule has 0 spiro atoms. The maximum Gasteiger partial charge on any atom is 0.351 e. The minimum atomic E-state index is -0.804. The van der Waals surface area contributed by atoms with Crippen LogP contribution in [-0.4, -0.2) is 18.1 Å². The van der Waals surface area contributed by atoms with Gasteiger partial charge in [-0.3, -0.25) is 0 Å². The first-order valence-corrected chi connectivity index (χ1v) is 6.83. The number of nitrogens with zero attached hydrogens (tertiary/aromatic N) is 1. The lowest BCUT2D eigenvalue weighted by molar-refractivity contribution is 0.0606. The van der Waals surface area contributed by atoms with E-state index < -0.39 is 17.6 Å². The number of esters is 1. The molecule has 100 valence electrons. The summed E-state index contributed by atoms with van der Waals surface area (Å²) >= 11 is 9.47. The van der Waals surface area contributed by atoms with Gasteiger partial charge < -0.3 is 4.74 Å². The Morgan fingerprint density at radius 2 is 2.16 bits per heavy atom. The van der Waals surface area contributed by atoms with E-state index in [0.717, 1.165) is 17.4 Å². The molecular formula is C11H5BrClF2NO2S. The van der Waals surface area contributed by atoms with Crippen molar-refractivity contribution in [2.45, 2.75) is 0 Å². The number of aromatic nitrogens is 1. The van der Waals surface area contributed by atoms with Gasteiger partial charge in [-0.2, -0.15) is 0 Å². The highest BCUT2D eigenvalue weighted by molar-refractivity contribution is 9.10. The average Bonchev–Trinajstić information content (AvgIpc) is 2.75. The highest BCUT2D eigenvalue weighted by Crippen LogP contribution is 2.36. The van der Waals surface area contributed by atoms with Crippen LogP contribution in [0, 0.1) is 11.6 Å². The molecule has 0 aliphatic heterocycles. The normalized spacial score (nSPS) is 10.6. The van der Waals surface area contributed by atoms with E-state index in [1.807, 2.05) is 0 Å². The zero-order valence-corrected chi connectivity index (χ0v) is 12.5. The van der Waals surface area contributed by atoms with Crippen LogP contribution in [0.2, 0.25) is 5.15 Å². The molecule has 0 aliphatic carbocycles. The first-order valence-electron chi connectivity index (χ1n) is 4.84. The number of methoxy groups -OCH3 is 1. The summed E-state index contributed by atoms with van der Waals surface area (Å²) in [5.41, 5.74) is -0.337. The van der Waals surface area contributed by atoms with Gasteiger partial charge in [0.25, 0.3) is 0 Å². The lowest BCUT2D eigenvalue weighted by Crippen LogP contribution is -1.98. The van der Waals surface area contributed by atoms with Crippen molar-refractivity contribution in [3.05, 3.63) is 38.3 Å². The summed E-state index contributed by atoms with van der Waals surface area (Å²) in [5, 5.41) is -0.174. The van der Waals surface area contributed by atoms with Gasteiger partial charge in [0.1, 0.15) is 10.8 Å². The number of benzene rings is 1. The van der Waals surface area contributed by atoms with E-state index >= 15 is 0 Å². The van der Waals surface area contributed by atoms with Gasteiger partial charge in [0, 0.05) is 0 Å². The van der Waals surface area contributed by atoms with Crippen LogP contribution >= 0.6 is 38.9 Å². The second-order valence-electron chi connectivity index (χ2n) is 3.35. The number of carbonyl (C=O) groups is 1. The SMILES string of the molecule is COC(=O)c1sc(-c2c(F)ccc(Br)c2F)nc1Cl. The Labute approximate surface area is 124 Å². The molecule has 2 aromatic rings. The standard InChI is InChI=1S/C11H5BrClF2NO2S/c1-18-11(17)8-9(13)16-10(19-8)6-5(14)3-2-4(12)7(6)15/h2-3H,1H3. The monoisotopic (exact) mass is 367 g/mol. The number of ether oxygens (including phenoxy) is 1. The van der Waals surface area contributed by atoms with Gasteiger partial charge in [0.2, 0.25) is 0 Å². The number of thiazole rings is 1. The van der Waals surface area contributed by atoms with E-state index in [1.54, 1.807) is 0 Å². The third-order valence-corrected chi connectivity index (χ3v) is 4.27. The van der Waals surface area contributed by atoms with Crippen LogP contribution in [0.15, 0.2) is 16.6 Å². The Morgan fingerprint density at radius 3 is 2.79 bits per heavy atom. The zero-order valence-electron chi connectivity index (χ0n) is 9.34. The van der Waals surface area contributed by atoms with Crippen LogP contribution in [0.1, 0.15) is 9.67 Å². The maximum absolute atomic E-state index is 13.9. The molecule has 8 heteroatoms. The summed E-state index contributed by atoms with van der Waals surface area (Å²) in [6, 6.07) is 2.33. The van der Waals surface area contributed by atoms with Crippen molar-refractivity contribution in [2.75, 3.05) is 7.11 Å². The number of rotatable bonds is 2. The molecule has 0 fully saturated rings. The molecule has 0 bridgehead atoms. The fourth-order valence-electron chi connectivity index (χ4n) is 1.35. The third kappa shape index (κ3) is 2.63. The van der Waals surface area contributed by atoms with Gasteiger partial charge in [0.05, 0.1) is 17.1 Å². The van der Waals surface area contributed by atoms with Gasteiger partial charge in [-0.05, 0) is 28.1 Å². The minimum Gasteiger partial charge on any atom is -0.465 e. The van der Waals surface area contributed by atoms with Crippen molar-refractivity contribution >= 4 is 44.8 Å². The quantitative estimate of drug-likeness (QED) is 0.586. The first kappa shape index (κ1) is 14.4. The fourth-order valence-corrected chi connectivity index (χ4v) is 2.92. The van der Waals surface area contributed by atoms with Crippen LogP contribution in [0.3, 0.4) is 0 Å². The molecule has 2 rings (SSSR count). The van der Waals surface area contributed by atoms with Crippen LogP contribution in [0.4, 0.5) is 8.78 Å². The number of hydrogen-bond acceptors (Lipinski definition) is 4. The van der Waals surface area contributed by atoms with Crippen LogP contribution in [0.5, 0.6) is 0 Å². The van der Waals surface area contributed by atoms with E-state index in [2.05, 4.69) is 25.7 Å². The molecule has 3 nitrogen and oxygen atoms in total. The number of halogens is 4. The van der Waals surface area contributed by atoms with E-state index in [-0.39, 0.29) is 25.1 Å². The molecule has 1 heterocycles. The third-order valence-electron chi connectivity index (χ3n) is 2.21. The lowest BCUT2D eigenvalue weighted by atomic mass is 10.2. The van der Waals surface area contributed by atoms with Crippen molar-refractivity contribution in [1.82, 2.24) is 4.98 Å². The Hall–Kier alpha value is -1.05. The van der Waals surface area contributed by atoms with Crippen molar-refractivity contribution in [3.8, 4) is 10.6 Å². The highest BCUT2D eigenvalue weighted by Gasteiger charge is 2.23. The predicted molar refractivity (Wildman–Crippen MR) is 71.5 cm³/mol. The summed E-state index contributed by atoms with van der Waals surface area (Å²) in [5.74, 6) is -2.30. The molecule has 0 radical (unpaired) electrons. The molecular weight excluding hydrogens is 364 g/mol. The molecule has 1 aromatic carbocycles. The predicted octanol–water partition coefficient (Wildman–Crippen LogP) is 4.29. The summed E-state index contributed by atoms with van der Waals surface area (Å²) < 4.78 is 32.2. The van der Waals surface area contributed by atoms with Gasteiger partial charge in [0.15, 0.2) is 15.8 Å². The molecule has 1 aromatic heterocycles. The Kier molecular flexibility index (Phi) is 4.17. The molecule has 0 saturated heterocycles. The molecule has 0 atom stereocenters. The van der Waals surface area contributed by atoms with E-state index in [9.17, 15) is 13.6 Å². The van der Waals surface area contributed by atoms with E-state index in [1.165, 1.54) is 13.2 Å². The second-order valence-corrected chi connectivity index (χ2v) is 5.56. The minimum absolute atomic E-state index is 0.00191. The molecule has 0 amide bonds. The maximum atomic E-state index is 13.9. The van der Waals surface area contributed by atoms with Crippen LogP contribution in [0.25, 0.3) is 10.6 Å². The zero-order chi connectivity index (χ0) is 14.2. The average molecular weight is 369 g/mol. The molecule has 0 aliphatic rings. The highest BCUT2D eigenvalue weighted by atomic mass is 79.9. The second kappa shape index (κ2) is 5.52. The van der Waals surface area contributed by atoms with Gasteiger partial charge in [-0.25, -0.2) is 18.6 Å². The van der Waals surface area contributed by atoms with E-state index in [4.69, 9.17) is 11.6 Å². The summed E-state index contributed by atoms with van der Waals surface area (Å²) in [7, 11) is 1.18. The number of carbonyl (C=O) groups excluding carboxylic acids is 1. The molecule has 0 unspecified atom stereocenters. The van der Waals surface area contributed by atoms with Crippen molar-refractivity contribution in [1.29, 1.82) is 0 Å². The lowest BCUT2D eigenvalue weighted by Gasteiger charge is -2.02. The smallest absolute Gasteiger partial charge is 0.351 e. The summed E-state index contributed by atoms with van der Waals surface area (Å²) in [4.78, 5) is 15.2. The largest absolute Gasteiger partial charge is 0.465 e. The van der Waals surface area contributed by atoms with Gasteiger partial charge in [-0.15, -0.1) is 11.3 Å². The van der Waals surface area contributed by atoms with Crippen molar-refractivity contribution in [3.63, 3.8) is 0 Å². The Balaban J connectivity index is 2.61. The first-order chi connectivity index (χ1) is 8.95. The summed E-state index contributed by atoms with van der Waals surface area (Å²) in [6.45, 7) is 0. The fraction of sp³-hybridized carbons (Fsp3) is 0.0909. The molecule has 0 saturated carbocycles. The van der Waals surface area contributed by atoms with Gasteiger partial charge >= 0.3 is 5.97 Å². The van der Waals surface area contributed by atoms with E-state index in [0.29, 0.717) is 0 Å². The topological polar surface area (TPSA) is 39.2 Å². The molecule has 0 N–H and O–H groups in total. The van der Waals surface area contributed by atoms with Crippen LogP contribution in [-0.2, 0) is 4.74 Å². The molecule has 19 heavy (non-hydrogen) atoms. The van der Waals surface area contributed by atoms with Crippen molar-refractivity contribution < 1.29 is 18.3 Å².